The third-order valence-electron chi connectivity index (χ3n) is 11.2. The maximum atomic E-state index is 14.8. The molecule has 0 saturated carbocycles. The van der Waals surface area contributed by atoms with Crippen LogP contribution in [-0.2, 0) is 30.3 Å². The van der Waals surface area contributed by atoms with E-state index >= 15 is 0 Å². The summed E-state index contributed by atoms with van der Waals surface area (Å²) >= 11 is 1.14. The monoisotopic (exact) mass is 823 g/mol. The van der Waals surface area contributed by atoms with Gasteiger partial charge in [-0.2, -0.15) is 0 Å². The predicted molar refractivity (Wildman–Crippen MR) is 228 cm³/mol. The number of nitrogens with zero attached hydrogens (tertiary/aromatic N) is 3. The van der Waals surface area contributed by atoms with Gasteiger partial charge in [-0.25, -0.2) is 4.98 Å². The zero-order valence-corrected chi connectivity index (χ0v) is 36.8. The second-order valence-electron chi connectivity index (χ2n) is 16.8. The lowest BCUT2D eigenvalue weighted by Crippen LogP contribution is -2.59. The van der Waals surface area contributed by atoms with Crippen LogP contribution in [0.3, 0.4) is 0 Å². The van der Waals surface area contributed by atoms with E-state index in [0.29, 0.717) is 48.4 Å². The molecule has 0 radical (unpaired) electrons. The largest absolute Gasteiger partial charge is 0.481 e. The Morgan fingerprint density at radius 1 is 1.16 bits per heavy atom. The number of carboxylic acids is 1. The van der Waals surface area contributed by atoms with Gasteiger partial charge in [-0.3, -0.25) is 28.9 Å². The summed E-state index contributed by atoms with van der Waals surface area (Å²) in [5.41, 5.74) is -0.0240. The SMILES string of the molecule is [2H]c1cc(C[C@@H](CC(C)(C)C(=O)O)NC(=O)c2csc([C@@H](C[C@H](C(C)C)N(CCCCC#C)C(=O)[C@@H](NC(=O)[C@H]3CCCCN3C)[C@@H](C)CC)OC(C)=O)n2)cc([2H])c1C. The summed E-state index contributed by atoms with van der Waals surface area (Å²) in [7, 11) is 1.94. The van der Waals surface area contributed by atoms with E-state index < -0.39 is 47.5 Å². The van der Waals surface area contributed by atoms with Crippen molar-refractivity contribution in [2.24, 2.45) is 17.3 Å². The summed E-state index contributed by atoms with van der Waals surface area (Å²) in [6, 6.07) is 1.35. The molecular weight excluding hydrogens is 755 g/mol. The third kappa shape index (κ3) is 14.2. The Kier molecular flexibility index (Phi) is 17.6. The van der Waals surface area contributed by atoms with Crippen molar-refractivity contribution in [1.29, 1.82) is 0 Å². The molecule has 3 N–H and O–H groups in total. The fourth-order valence-electron chi connectivity index (χ4n) is 7.41. The second kappa shape index (κ2) is 22.8. The first-order valence-corrected chi connectivity index (χ1v) is 21.6. The lowest BCUT2D eigenvalue weighted by molar-refractivity contribution is -0.150. The number of aromatic nitrogens is 1. The Bertz CT molecular complexity index is 1820. The molecule has 0 bridgehead atoms. The van der Waals surface area contributed by atoms with Gasteiger partial charge in [0.25, 0.3) is 5.91 Å². The minimum atomic E-state index is -1.21. The number of ether oxygens (including phenoxy) is 1. The molecule has 2 heterocycles. The van der Waals surface area contributed by atoms with Crippen LogP contribution in [0.4, 0.5) is 0 Å². The van der Waals surface area contributed by atoms with Crippen LogP contribution in [0.15, 0.2) is 29.6 Å². The first-order valence-electron chi connectivity index (χ1n) is 21.7. The zero-order chi connectivity index (χ0) is 44.9. The highest BCUT2D eigenvalue weighted by Crippen LogP contribution is 2.32. The van der Waals surface area contributed by atoms with E-state index in [1.54, 1.807) is 38.3 Å². The van der Waals surface area contributed by atoms with E-state index in [0.717, 1.165) is 37.1 Å². The van der Waals surface area contributed by atoms with Gasteiger partial charge in [0.2, 0.25) is 11.8 Å². The van der Waals surface area contributed by atoms with Crippen LogP contribution >= 0.6 is 11.3 Å². The van der Waals surface area contributed by atoms with Crippen LogP contribution in [0.25, 0.3) is 0 Å². The van der Waals surface area contributed by atoms with Gasteiger partial charge in [0.1, 0.15) is 16.7 Å². The van der Waals surface area contributed by atoms with Crippen molar-refractivity contribution in [2.45, 2.75) is 150 Å². The van der Waals surface area contributed by atoms with Crippen LogP contribution in [0, 0.1) is 36.5 Å². The van der Waals surface area contributed by atoms with E-state index in [9.17, 15) is 29.1 Å². The standard InChI is InChI=1S/C45H67N5O7S/c1-11-13-14-16-24-50(43(54)39(31(6)12-2)48-41(53)36-18-15-17-23-49(36)10)37(29(3)4)26-38(57-32(7)51)42-47-35(28-58-42)40(52)46-34(27-45(8,9)44(55)56)25-33-21-19-30(5)20-22-33/h1,19-22,28-29,31,34,36-39H,12-18,23-27H2,2-10H3,(H,46,52)(H,48,53)(H,55,56)/t31-,34-,36+,37+,38+,39-/m0/s1/i19D,20D. The number of amides is 3. The fraction of sp³-hybridized carbons (Fsp3) is 0.644. The number of likely N-dealkylation sites (tertiary alicyclic amines) is 1. The molecule has 6 atom stereocenters. The number of unbranched alkanes of at least 4 members (excludes halogenated alkanes) is 2. The highest BCUT2D eigenvalue weighted by atomic mass is 32.1. The van der Waals surface area contributed by atoms with Gasteiger partial charge in [-0.15, -0.1) is 23.7 Å². The van der Waals surface area contributed by atoms with Gasteiger partial charge in [0.05, 0.1) is 14.2 Å². The number of benzene rings is 1. The van der Waals surface area contributed by atoms with Crippen molar-refractivity contribution < 1.29 is 36.6 Å². The molecule has 1 aromatic heterocycles. The quantitative estimate of drug-likeness (QED) is 0.0649. The van der Waals surface area contributed by atoms with Gasteiger partial charge in [-0.05, 0) is 90.3 Å². The first-order chi connectivity index (χ1) is 28.2. The van der Waals surface area contributed by atoms with Crippen molar-refractivity contribution >= 4 is 41.0 Å². The van der Waals surface area contributed by atoms with E-state index in [2.05, 4.69) is 21.5 Å². The number of terminal acetylenes is 1. The second-order valence-corrected chi connectivity index (χ2v) is 17.7. The summed E-state index contributed by atoms with van der Waals surface area (Å²) in [5, 5.41) is 17.9. The lowest BCUT2D eigenvalue weighted by atomic mass is 9.84. The third-order valence-corrected chi connectivity index (χ3v) is 12.1. The Balaban J connectivity index is 1.96. The number of likely N-dealkylation sites (N-methyl/N-ethyl adjacent to an activating group) is 1. The average Bonchev–Trinajstić information content (AvgIpc) is 3.68. The zero-order valence-electron chi connectivity index (χ0n) is 38.0. The van der Waals surface area contributed by atoms with Crippen molar-refractivity contribution in [3.63, 3.8) is 0 Å². The lowest BCUT2D eigenvalue weighted by Gasteiger charge is -2.40. The topological polar surface area (TPSA) is 158 Å². The molecule has 12 nitrogen and oxygen atoms in total. The fourth-order valence-corrected chi connectivity index (χ4v) is 8.25. The minimum absolute atomic E-state index is 0.0482. The number of carbonyl (C=O) groups is 5. The minimum Gasteiger partial charge on any atom is -0.481 e. The molecule has 1 aromatic carbocycles. The summed E-state index contributed by atoms with van der Waals surface area (Å²) in [6.45, 7) is 15.2. The van der Waals surface area contributed by atoms with E-state index in [1.807, 2.05) is 44.5 Å². The molecule has 1 aliphatic heterocycles. The number of hydrogen-bond acceptors (Lipinski definition) is 9. The molecular formula is C45H67N5O7S. The Morgan fingerprint density at radius 3 is 2.43 bits per heavy atom. The molecule has 0 aliphatic carbocycles. The van der Waals surface area contributed by atoms with Gasteiger partial charge < -0.3 is 25.4 Å². The number of aliphatic carboxylic acids is 1. The van der Waals surface area contributed by atoms with E-state index in [4.69, 9.17) is 13.9 Å². The number of carbonyl (C=O) groups excluding carboxylic acids is 4. The predicted octanol–water partition coefficient (Wildman–Crippen LogP) is 6.96. The highest BCUT2D eigenvalue weighted by molar-refractivity contribution is 7.09. The summed E-state index contributed by atoms with van der Waals surface area (Å²) < 4.78 is 22.4. The summed E-state index contributed by atoms with van der Waals surface area (Å²) in [6.07, 6.45) is 10.3. The molecule has 0 spiro atoms. The van der Waals surface area contributed by atoms with Crippen LogP contribution in [0.2, 0.25) is 0 Å². The van der Waals surface area contributed by atoms with E-state index in [-0.39, 0.29) is 66.7 Å². The summed E-state index contributed by atoms with van der Waals surface area (Å²) in [4.78, 5) is 75.6. The highest BCUT2D eigenvalue weighted by Gasteiger charge is 2.39. The molecule has 1 fully saturated rings. The molecule has 2 aromatic rings. The molecule has 320 valence electrons. The Morgan fingerprint density at radius 2 is 1.84 bits per heavy atom. The molecule has 13 heteroatoms. The van der Waals surface area contributed by atoms with Crippen LogP contribution in [0.1, 0.15) is 142 Å². The van der Waals surface area contributed by atoms with Crippen molar-refractivity contribution in [1.82, 2.24) is 25.4 Å². The molecule has 58 heavy (non-hydrogen) atoms. The Labute approximate surface area is 353 Å². The average molecular weight is 824 g/mol. The number of thiazole rings is 1. The molecule has 1 saturated heterocycles. The van der Waals surface area contributed by atoms with Crippen molar-refractivity contribution in [3.8, 4) is 12.3 Å². The molecule has 3 rings (SSSR count). The van der Waals surface area contributed by atoms with Gasteiger partial charge >= 0.3 is 11.9 Å². The molecule has 1 aliphatic rings. The molecule has 3 amide bonds. The number of nitrogens with one attached hydrogen (secondary N) is 2. The van der Waals surface area contributed by atoms with Crippen molar-refractivity contribution in [3.05, 3.63) is 51.4 Å². The van der Waals surface area contributed by atoms with Crippen LogP contribution in [0.5, 0.6) is 0 Å². The van der Waals surface area contributed by atoms with Gasteiger partial charge in [-0.1, -0.05) is 70.3 Å². The maximum Gasteiger partial charge on any atom is 0.309 e. The van der Waals surface area contributed by atoms with E-state index in [1.165, 1.54) is 6.92 Å². The van der Waals surface area contributed by atoms with Gasteiger partial charge in [0.15, 0.2) is 6.10 Å². The van der Waals surface area contributed by atoms with Crippen LogP contribution < -0.4 is 10.6 Å². The number of carboxylic acid groups (broad SMARTS) is 1. The number of esters is 1. The number of rotatable bonds is 22. The maximum absolute atomic E-state index is 14.8. The smallest absolute Gasteiger partial charge is 0.309 e. The Hall–Kier alpha value is -4.28. The van der Waals surface area contributed by atoms with Gasteiger partial charge in [0, 0.05) is 43.8 Å². The first kappa shape index (κ1) is 44.8. The summed E-state index contributed by atoms with van der Waals surface area (Å²) in [5.74, 6) is -0.146. The number of piperidine rings is 1. The molecule has 0 unspecified atom stereocenters. The van der Waals surface area contributed by atoms with Crippen molar-refractivity contribution in [2.75, 3.05) is 20.1 Å². The van der Waals surface area contributed by atoms with Crippen LogP contribution in [-0.4, -0.2) is 93.9 Å². The number of hydrogen-bond donors (Lipinski definition) is 3. The normalized spacial score (nSPS) is 17.8.